The Kier molecular flexibility index (Phi) is 4.02. The lowest BCUT2D eigenvalue weighted by Crippen LogP contribution is -2.48. The summed E-state index contributed by atoms with van der Waals surface area (Å²) < 4.78 is 32.3. The van der Waals surface area contributed by atoms with Crippen LogP contribution in [0.4, 0.5) is 14.6 Å². The first kappa shape index (κ1) is 15.2. The van der Waals surface area contributed by atoms with Crippen LogP contribution in [0.2, 0.25) is 0 Å². The molecule has 0 aromatic carbocycles. The van der Waals surface area contributed by atoms with Crippen molar-refractivity contribution in [2.75, 3.05) is 19.0 Å². The van der Waals surface area contributed by atoms with Crippen LogP contribution in [0.1, 0.15) is 6.23 Å². The van der Waals surface area contributed by atoms with Gasteiger partial charge < -0.3 is 25.8 Å². The second kappa shape index (κ2) is 5.30. The monoisotopic (exact) mass is 309 g/mol. The Hall–Kier alpha value is -1.20. The van der Waals surface area contributed by atoms with Gasteiger partial charge in [-0.2, -0.15) is 4.98 Å². The average Bonchev–Trinajstić information content (AvgIpc) is 2.68. The highest BCUT2D eigenvalue weighted by atomic mass is 32.1. The van der Waals surface area contributed by atoms with Gasteiger partial charge in [0.2, 0.25) is 4.77 Å². The highest BCUT2D eigenvalue weighted by Crippen LogP contribution is 2.37. The molecule has 7 nitrogen and oxygen atoms in total. The number of aliphatic hydroxyl groups excluding tert-OH is 3. The van der Waals surface area contributed by atoms with E-state index in [0.717, 1.165) is 10.8 Å². The smallest absolute Gasteiger partial charge is 0.203 e. The summed E-state index contributed by atoms with van der Waals surface area (Å²) in [5.74, 6) is -1.34. The average molecular weight is 309 g/mol. The minimum Gasteiger partial charge on any atom is -0.393 e. The molecule has 5 N–H and O–H groups in total. The third-order valence-corrected chi connectivity index (χ3v) is 3.51. The SMILES string of the molecule is Nc1nc(=S)n([C@@H]2O[C@@](CO)(CF)C(O)[C@@H]2O)cc1F. The number of anilines is 1. The number of ether oxygens (including phenoxy) is 1. The number of halogens is 2. The fraction of sp³-hybridized carbons (Fsp3) is 0.600. The summed E-state index contributed by atoms with van der Waals surface area (Å²) in [4.78, 5) is 3.53. The molecule has 10 heteroatoms. The van der Waals surface area contributed by atoms with Crippen LogP contribution < -0.4 is 5.73 Å². The van der Waals surface area contributed by atoms with Gasteiger partial charge in [-0.1, -0.05) is 0 Å². The molecule has 1 fully saturated rings. The number of alkyl halides is 1. The maximum Gasteiger partial charge on any atom is 0.203 e. The molecule has 0 bridgehead atoms. The maximum atomic E-state index is 13.4. The zero-order valence-electron chi connectivity index (χ0n) is 10.1. The van der Waals surface area contributed by atoms with Crippen LogP contribution >= 0.6 is 12.2 Å². The van der Waals surface area contributed by atoms with E-state index in [-0.39, 0.29) is 4.77 Å². The maximum absolute atomic E-state index is 13.4. The van der Waals surface area contributed by atoms with Crippen LogP contribution in [0.25, 0.3) is 0 Å². The van der Waals surface area contributed by atoms with E-state index in [0.29, 0.717) is 0 Å². The molecule has 1 aliphatic rings. The molecular formula is C10H13F2N3O4S. The summed E-state index contributed by atoms with van der Waals surface area (Å²) in [5, 5.41) is 28.8. The second-order valence-corrected chi connectivity index (χ2v) is 4.83. The van der Waals surface area contributed by atoms with Gasteiger partial charge in [-0.3, -0.25) is 4.57 Å². The van der Waals surface area contributed by atoms with Crippen molar-refractivity contribution in [2.45, 2.75) is 24.0 Å². The standard InChI is InChI=1S/C10H13F2N3O4S/c11-2-10(3-16)6(18)5(17)8(19-10)15-1-4(12)7(13)14-9(15)20/h1,5-6,8,16-18H,2-3H2,(H2,13,14,20)/t5-,6?,8+,10+/m0/s1. The van der Waals surface area contributed by atoms with Crippen molar-refractivity contribution in [1.29, 1.82) is 0 Å². The molecule has 0 aliphatic carbocycles. The van der Waals surface area contributed by atoms with Gasteiger partial charge in [-0.25, -0.2) is 8.78 Å². The minimum absolute atomic E-state index is 0.215. The van der Waals surface area contributed by atoms with Gasteiger partial charge >= 0.3 is 0 Å². The number of hydrogen-bond acceptors (Lipinski definition) is 7. The van der Waals surface area contributed by atoms with E-state index in [9.17, 15) is 19.0 Å². The molecular weight excluding hydrogens is 296 g/mol. The highest BCUT2D eigenvalue weighted by molar-refractivity contribution is 7.71. The summed E-state index contributed by atoms with van der Waals surface area (Å²) in [6.45, 7) is -2.10. The summed E-state index contributed by atoms with van der Waals surface area (Å²) in [5.41, 5.74) is 3.25. The van der Waals surface area contributed by atoms with Gasteiger partial charge in [0.15, 0.2) is 23.5 Å². The molecule has 1 aromatic rings. The number of aromatic nitrogens is 2. The lowest BCUT2D eigenvalue weighted by Gasteiger charge is -2.26. The predicted octanol–water partition coefficient (Wildman–Crippen LogP) is -0.715. The van der Waals surface area contributed by atoms with Crippen molar-refractivity contribution in [3.63, 3.8) is 0 Å². The minimum atomic E-state index is -1.99. The first-order chi connectivity index (χ1) is 9.36. The van der Waals surface area contributed by atoms with E-state index >= 15 is 0 Å². The van der Waals surface area contributed by atoms with Crippen molar-refractivity contribution in [3.05, 3.63) is 16.8 Å². The summed E-state index contributed by atoms with van der Waals surface area (Å²) >= 11 is 4.85. The zero-order valence-corrected chi connectivity index (χ0v) is 10.9. The molecule has 0 radical (unpaired) electrons. The molecule has 0 saturated carbocycles. The van der Waals surface area contributed by atoms with E-state index in [1.807, 2.05) is 0 Å². The third kappa shape index (κ3) is 2.19. The second-order valence-electron chi connectivity index (χ2n) is 4.46. The lowest BCUT2D eigenvalue weighted by atomic mass is 9.98. The number of hydrogen-bond donors (Lipinski definition) is 4. The fourth-order valence-corrected chi connectivity index (χ4v) is 2.25. The molecule has 20 heavy (non-hydrogen) atoms. The fourth-order valence-electron chi connectivity index (χ4n) is 1.99. The Morgan fingerprint density at radius 1 is 1.55 bits per heavy atom. The van der Waals surface area contributed by atoms with E-state index < -0.39 is 49.0 Å². The van der Waals surface area contributed by atoms with Crippen LogP contribution in [0.5, 0.6) is 0 Å². The topological polar surface area (TPSA) is 114 Å². The van der Waals surface area contributed by atoms with Gasteiger partial charge in [0.25, 0.3) is 0 Å². The molecule has 2 rings (SSSR count). The zero-order chi connectivity index (χ0) is 15.1. The molecule has 0 amide bonds. The molecule has 1 unspecified atom stereocenters. The van der Waals surface area contributed by atoms with E-state index in [2.05, 4.69) is 4.98 Å². The molecule has 2 heterocycles. The van der Waals surface area contributed by atoms with Crippen molar-refractivity contribution in [1.82, 2.24) is 9.55 Å². The predicted molar refractivity (Wildman–Crippen MR) is 65.4 cm³/mol. The van der Waals surface area contributed by atoms with Gasteiger partial charge in [0, 0.05) is 6.20 Å². The number of aliphatic hydroxyl groups is 3. The first-order valence-corrected chi connectivity index (χ1v) is 6.02. The molecule has 0 spiro atoms. The third-order valence-electron chi connectivity index (χ3n) is 3.21. The number of nitrogen functional groups attached to an aromatic ring is 1. The molecule has 1 aromatic heterocycles. The van der Waals surface area contributed by atoms with Gasteiger partial charge in [0.1, 0.15) is 18.9 Å². The summed E-state index contributed by atoms with van der Waals surface area (Å²) in [7, 11) is 0. The van der Waals surface area contributed by atoms with Gasteiger partial charge in [-0.15, -0.1) is 0 Å². The van der Waals surface area contributed by atoms with Crippen LogP contribution in [0.3, 0.4) is 0 Å². The number of nitrogens with two attached hydrogens (primary N) is 1. The first-order valence-electron chi connectivity index (χ1n) is 5.61. The Balaban J connectivity index is 2.45. The van der Waals surface area contributed by atoms with Crippen LogP contribution in [-0.2, 0) is 4.74 Å². The van der Waals surface area contributed by atoms with Gasteiger partial charge in [-0.05, 0) is 12.2 Å². The van der Waals surface area contributed by atoms with E-state index in [4.69, 9.17) is 27.8 Å². The highest BCUT2D eigenvalue weighted by Gasteiger charge is 2.55. The van der Waals surface area contributed by atoms with Crippen LogP contribution in [0, 0.1) is 10.6 Å². The molecule has 4 atom stereocenters. The largest absolute Gasteiger partial charge is 0.393 e. The van der Waals surface area contributed by atoms with E-state index in [1.54, 1.807) is 0 Å². The van der Waals surface area contributed by atoms with Crippen LogP contribution in [-0.4, -0.2) is 56.0 Å². The molecule has 1 saturated heterocycles. The van der Waals surface area contributed by atoms with Crippen molar-refractivity contribution < 1.29 is 28.8 Å². The van der Waals surface area contributed by atoms with Crippen molar-refractivity contribution in [3.8, 4) is 0 Å². The Morgan fingerprint density at radius 2 is 2.20 bits per heavy atom. The van der Waals surface area contributed by atoms with E-state index in [1.165, 1.54) is 0 Å². The Bertz CT molecular complexity index is 566. The Morgan fingerprint density at radius 3 is 2.70 bits per heavy atom. The number of rotatable bonds is 3. The van der Waals surface area contributed by atoms with Crippen LogP contribution in [0.15, 0.2) is 6.20 Å². The summed E-state index contributed by atoms with van der Waals surface area (Å²) in [6.07, 6.45) is -3.88. The lowest BCUT2D eigenvalue weighted by molar-refractivity contribution is -0.138. The van der Waals surface area contributed by atoms with Gasteiger partial charge in [0.05, 0.1) is 6.61 Å². The normalized spacial score (nSPS) is 33.5. The summed E-state index contributed by atoms with van der Waals surface area (Å²) in [6, 6.07) is 0. The van der Waals surface area contributed by atoms with Crippen molar-refractivity contribution in [2.24, 2.45) is 0 Å². The molecule has 1 aliphatic heterocycles. The van der Waals surface area contributed by atoms with Crippen molar-refractivity contribution >= 4 is 18.0 Å². The Labute approximate surface area is 117 Å². The molecule has 112 valence electrons. The quantitative estimate of drug-likeness (QED) is 0.545. The number of nitrogens with zero attached hydrogens (tertiary/aromatic N) is 2.